The van der Waals surface area contributed by atoms with E-state index >= 15 is 0 Å². The molecule has 2 aliphatic rings. The van der Waals surface area contributed by atoms with Crippen LogP contribution in [0.2, 0.25) is 0 Å². The minimum absolute atomic E-state index is 0.0963. The summed E-state index contributed by atoms with van der Waals surface area (Å²) >= 11 is 0. The molecule has 2 heterocycles. The SMILES string of the molecule is CCCCCCCC/C=C\CCCCCCCC(=O)OCCN(CCOC(=O)CCCCCCC/C=C\CCCCCCCC)NC1CCN(C2CCN(CCCN(C)C)CC2)CC1. The fourth-order valence-electron chi connectivity index (χ4n) is 9.38. The van der Waals surface area contributed by atoms with Gasteiger partial charge in [-0.15, -0.1) is 0 Å². The fourth-order valence-corrected chi connectivity index (χ4v) is 9.38. The van der Waals surface area contributed by atoms with Crippen molar-refractivity contribution >= 4 is 11.9 Å². The van der Waals surface area contributed by atoms with Crippen LogP contribution in [0.3, 0.4) is 0 Å². The Hall–Kier alpha value is -1.78. The lowest BCUT2D eigenvalue weighted by atomic mass is 9.98. The highest BCUT2D eigenvalue weighted by Crippen LogP contribution is 2.22. The van der Waals surface area contributed by atoms with Crippen LogP contribution >= 0.6 is 0 Å². The molecule has 2 aliphatic heterocycles. The molecule has 0 aromatic rings. The molecule has 2 saturated heterocycles. The lowest BCUT2D eigenvalue weighted by Gasteiger charge is -2.42. The smallest absolute Gasteiger partial charge is 0.305 e. The first-order valence-corrected chi connectivity index (χ1v) is 27.6. The number of likely N-dealkylation sites (tertiary alicyclic amines) is 2. The average molecular weight is 900 g/mol. The summed E-state index contributed by atoms with van der Waals surface area (Å²) in [5, 5.41) is 2.15. The third-order valence-corrected chi connectivity index (χ3v) is 13.6. The summed E-state index contributed by atoms with van der Waals surface area (Å²) in [6.07, 6.45) is 48.9. The van der Waals surface area contributed by atoms with Gasteiger partial charge in [0.15, 0.2) is 0 Å². The average Bonchev–Trinajstić information content (AvgIpc) is 3.29. The molecule has 0 aromatic carbocycles. The van der Waals surface area contributed by atoms with Crippen molar-refractivity contribution < 1.29 is 19.1 Å². The predicted octanol–water partition coefficient (Wildman–Crippen LogP) is 12.8. The number of piperidine rings is 2. The van der Waals surface area contributed by atoms with Crippen LogP contribution in [-0.2, 0) is 19.1 Å². The summed E-state index contributed by atoms with van der Waals surface area (Å²) in [6.45, 7) is 13.5. The molecule has 2 fully saturated rings. The van der Waals surface area contributed by atoms with Gasteiger partial charge in [0.2, 0.25) is 0 Å². The molecule has 0 atom stereocenters. The lowest BCUT2D eigenvalue weighted by molar-refractivity contribution is -0.145. The number of esters is 2. The Morgan fingerprint density at radius 3 is 1.34 bits per heavy atom. The van der Waals surface area contributed by atoms with E-state index < -0.39 is 0 Å². The van der Waals surface area contributed by atoms with Crippen molar-refractivity contribution in [3.05, 3.63) is 24.3 Å². The summed E-state index contributed by atoms with van der Waals surface area (Å²) in [5.74, 6) is -0.193. The summed E-state index contributed by atoms with van der Waals surface area (Å²) in [5.41, 5.74) is 3.77. The first kappa shape index (κ1) is 58.3. The van der Waals surface area contributed by atoms with Gasteiger partial charge in [-0.05, 0) is 150 Å². The van der Waals surface area contributed by atoms with Crippen LogP contribution in [-0.4, -0.2) is 123 Å². The highest BCUT2D eigenvalue weighted by atomic mass is 16.5. The van der Waals surface area contributed by atoms with E-state index in [0.29, 0.717) is 51.2 Å². The van der Waals surface area contributed by atoms with Crippen LogP contribution in [0.4, 0.5) is 0 Å². The number of carbonyl (C=O) groups is 2. The maximum Gasteiger partial charge on any atom is 0.305 e. The predicted molar refractivity (Wildman–Crippen MR) is 273 cm³/mol. The number of ether oxygens (including phenoxy) is 2. The molecular formula is C55H105N5O4. The molecule has 9 nitrogen and oxygen atoms in total. The maximum atomic E-state index is 12.7. The second kappa shape index (κ2) is 42.6. The van der Waals surface area contributed by atoms with Crippen molar-refractivity contribution in [2.45, 2.75) is 238 Å². The number of carbonyl (C=O) groups excluding carboxylic acids is 2. The zero-order valence-electron chi connectivity index (χ0n) is 42.8. The zero-order valence-corrected chi connectivity index (χ0v) is 42.8. The van der Waals surface area contributed by atoms with Gasteiger partial charge in [-0.3, -0.25) is 15.0 Å². The normalized spacial score (nSPS) is 16.0. The van der Waals surface area contributed by atoms with Crippen molar-refractivity contribution in [1.29, 1.82) is 0 Å². The highest BCUT2D eigenvalue weighted by molar-refractivity contribution is 5.69. The molecule has 0 aliphatic carbocycles. The van der Waals surface area contributed by atoms with E-state index in [0.717, 1.165) is 51.6 Å². The van der Waals surface area contributed by atoms with Crippen molar-refractivity contribution in [2.75, 3.05) is 79.7 Å². The fraction of sp³-hybridized carbons (Fsp3) is 0.891. The quantitative estimate of drug-likeness (QED) is 0.0279. The molecule has 0 bridgehead atoms. The first-order chi connectivity index (χ1) is 31.4. The Balaban J connectivity index is 1.63. The number of unbranched alkanes of at least 4 members (excludes halogenated alkanes) is 22. The van der Waals surface area contributed by atoms with Gasteiger partial charge in [0.25, 0.3) is 0 Å². The molecule has 0 radical (unpaired) electrons. The summed E-state index contributed by atoms with van der Waals surface area (Å²) in [4.78, 5) is 33.0. The topological polar surface area (TPSA) is 77.6 Å². The molecule has 0 spiro atoms. The van der Waals surface area contributed by atoms with Gasteiger partial charge in [0.1, 0.15) is 13.2 Å². The van der Waals surface area contributed by atoms with E-state index in [-0.39, 0.29) is 11.9 Å². The van der Waals surface area contributed by atoms with Gasteiger partial charge < -0.3 is 24.2 Å². The molecule has 1 N–H and O–H groups in total. The minimum Gasteiger partial charge on any atom is -0.464 e. The molecule has 0 saturated carbocycles. The Morgan fingerprint density at radius 1 is 0.516 bits per heavy atom. The second-order valence-corrected chi connectivity index (χ2v) is 19.8. The molecule has 9 heteroatoms. The van der Waals surface area contributed by atoms with E-state index in [9.17, 15) is 9.59 Å². The van der Waals surface area contributed by atoms with Crippen LogP contribution in [0.25, 0.3) is 0 Å². The van der Waals surface area contributed by atoms with Crippen LogP contribution in [0.1, 0.15) is 226 Å². The van der Waals surface area contributed by atoms with E-state index in [1.807, 2.05) is 0 Å². The Kier molecular flexibility index (Phi) is 38.8. The van der Waals surface area contributed by atoms with E-state index in [2.05, 4.69) is 77.4 Å². The Bertz CT molecular complexity index is 1060. The van der Waals surface area contributed by atoms with E-state index in [1.54, 1.807) is 0 Å². The summed E-state index contributed by atoms with van der Waals surface area (Å²) in [6, 6.07) is 1.07. The highest BCUT2D eigenvalue weighted by Gasteiger charge is 2.29. The zero-order chi connectivity index (χ0) is 46.0. The number of hydrazine groups is 1. The molecule has 0 amide bonds. The van der Waals surface area contributed by atoms with E-state index in [1.165, 1.54) is 187 Å². The largest absolute Gasteiger partial charge is 0.464 e. The number of hydrogen-bond donors (Lipinski definition) is 1. The van der Waals surface area contributed by atoms with Crippen LogP contribution in [0.15, 0.2) is 24.3 Å². The lowest BCUT2D eigenvalue weighted by Crippen LogP contribution is -2.54. The van der Waals surface area contributed by atoms with Gasteiger partial charge >= 0.3 is 11.9 Å². The molecule has 64 heavy (non-hydrogen) atoms. The van der Waals surface area contributed by atoms with Gasteiger partial charge in [-0.1, -0.05) is 141 Å². The molecule has 2 rings (SSSR count). The molecule has 374 valence electrons. The van der Waals surface area contributed by atoms with Gasteiger partial charge in [-0.25, -0.2) is 5.01 Å². The molecule has 0 aromatic heterocycles. The number of hydrogen-bond acceptors (Lipinski definition) is 9. The van der Waals surface area contributed by atoms with E-state index in [4.69, 9.17) is 9.47 Å². The van der Waals surface area contributed by atoms with Crippen molar-refractivity contribution in [1.82, 2.24) is 25.1 Å². The summed E-state index contributed by atoms with van der Waals surface area (Å²) in [7, 11) is 4.33. The molecule has 0 unspecified atom stereocenters. The maximum absolute atomic E-state index is 12.7. The van der Waals surface area contributed by atoms with Crippen LogP contribution < -0.4 is 5.43 Å². The number of rotatable bonds is 43. The third-order valence-electron chi connectivity index (χ3n) is 13.6. The monoisotopic (exact) mass is 900 g/mol. The first-order valence-electron chi connectivity index (χ1n) is 27.6. The van der Waals surface area contributed by atoms with Crippen LogP contribution in [0, 0.1) is 0 Å². The Labute approximate surface area is 396 Å². The summed E-state index contributed by atoms with van der Waals surface area (Å²) < 4.78 is 11.5. The number of nitrogens with one attached hydrogen (secondary N) is 1. The Morgan fingerprint density at radius 2 is 0.922 bits per heavy atom. The molecular weight excluding hydrogens is 795 g/mol. The van der Waals surface area contributed by atoms with Crippen molar-refractivity contribution in [3.8, 4) is 0 Å². The van der Waals surface area contributed by atoms with Gasteiger partial charge in [-0.2, -0.15) is 0 Å². The van der Waals surface area contributed by atoms with Crippen molar-refractivity contribution in [3.63, 3.8) is 0 Å². The van der Waals surface area contributed by atoms with Gasteiger partial charge in [0, 0.05) is 38.0 Å². The third kappa shape index (κ3) is 34.5. The standard InChI is InChI=1S/C55H105N5O4/c1-5-7-9-11-13-15-17-19-21-23-25-27-29-31-33-36-54(61)63-50-48-60(56-52-38-46-59(47-39-52)53-40-44-58(45-41-53)43-35-42-57(3)4)49-51-64-55(62)37-34-32-30-28-26-24-22-20-18-16-14-12-10-8-6-2/h19-22,52-53,56H,5-18,23-51H2,1-4H3/b21-19-,22-20-. The second-order valence-electron chi connectivity index (χ2n) is 19.8. The minimum atomic E-state index is -0.0963. The number of allylic oxidation sites excluding steroid dienone is 4. The van der Waals surface area contributed by atoms with Crippen molar-refractivity contribution in [2.24, 2.45) is 0 Å². The van der Waals surface area contributed by atoms with Gasteiger partial charge in [0.05, 0.1) is 0 Å². The number of nitrogens with zero attached hydrogens (tertiary/aromatic N) is 4. The van der Waals surface area contributed by atoms with Crippen LogP contribution in [0.5, 0.6) is 0 Å².